The van der Waals surface area contributed by atoms with E-state index in [1.54, 1.807) is 0 Å². The van der Waals surface area contributed by atoms with Gasteiger partial charge in [-0.2, -0.15) is 0 Å². The molecular formula is C9H15NO3S. The van der Waals surface area contributed by atoms with Crippen LogP contribution in [0, 0.1) is 0 Å². The van der Waals surface area contributed by atoms with Gasteiger partial charge in [0, 0.05) is 19.0 Å². The summed E-state index contributed by atoms with van der Waals surface area (Å²) >= 11 is 0. The zero-order chi connectivity index (χ0) is 10.2. The number of carbonyl (C=O) groups excluding carboxylic acids is 1. The standard InChI is InChI=1S/C9H15NO3S/c11-9-1-4-10(7-9)8-2-5-14(12,13)6-3-8/h8H,1-7H2. The third kappa shape index (κ3) is 2.15. The van der Waals surface area contributed by atoms with Gasteiger partial charge in [0.25, 0.3) is 0 Å². The molecule has 0 aliphatic carbocycles. The molecule has 0 N–H and O–H groups in total. The van der Waals surface area contributed by atoms with Gasteiger partial charge in [0.2, 0.25) is 0 Å². The molecular weight excluding hydrogens is 202 g/mol. The van der Waals surface area contributed by atoms with E-state index in [2.05, 4.69) is 4.90 Å². The van der Waals surface area contributed by atoms with Crippen molar-refractivity contribution < 1.29 is 13.2 Å². The van der Waals surface area contributed by atoms with Crippen molar-refractivity contribution in [3.63, 3.8) is 0 Å². The zero-order valence-corrected chi connectivity index (χ0v) is 8.92. The molecule has 0 bridgehead atoms. The van der Waals surface area contributed by atoms with E-state index in [4.69, 9.17) is 0 Å². The Balaban J connectivity index is 1.92. The van der Waals surface area contributed by atoms with Gasteiger partial charge in [-0.1, -0.05) is 0 Å². The van der Waals surface area contributed by atoms with Gasteiger partial charge in [-0.25, -0.2) is 8.42 Å². The van der Waals surface area contributed by atoms with Crippen molar-refractivity contribution in [1.29, 1.82) is 0 Å². The van der Waals surface area contributed by atoms with Crippen molar-refractivity contribution in [3.05, 3.63) is 0 Å². The molecule has 0 spiro atoms. The van der Waals surface area contributed by atoms with Crippen molar-refractivity contribution >= 4 is 15.6 Å². The number of rotatable bonds is 1. The van der Waals surface area contributed by atoms with E-state index in [1.807, 2.05) is 0 Å². The van der Waals surface area contributed by atoms with E-state index < -0.39 is 9.84 Å². The maximum Gasteiger partial charge on any atom is 0.150 e. The second-order valence-electron chi connectivity index (χ2n) is 4.14. The first kappa shape index (κ1) is 10.1. The average Bonchev–Trinajstić information content (AvgIpc) is 2.52. The Bertz CT molecular complexity index is 322. The molecule has 2 rings (SSSR count). The minimum Gasteiger partial charge on any atom is -0.298 e. The molecule has 0 aromatic carbocycles. The summed E-state index contributed by atoms with van der Waals surface area (Å²) in [4.78, 5) is 13.2. The van der Waals surface area contributed by atoms with Crippen molar-refractivity contribution in [2.75, 3.05) is 24.6 Å². The van der Waals surface area contributed by atoms with Crippen molar-refractivity contribution in [2.24, 2.45) is 0 Å². The van der Waals surface area contributed by atoms with Crippen LogP contribution in [0.15, 0.2) is 0 Å². The molecule has 0 radical (unpaired) electrons. The van der Waals surface area contributed by atoms with Crippen LogP contribution < -0.4 is 0 Å². The van der Waals surface area contributed by atoms with Crippen LogP contribution in [0.4, 0.5) is 0 Å². The first-order valence-corrected chi connectivity index (χ1v) is 6.85. The highest BCUT2D eigenvalue weighted by molar-refractivity contribution is 7.91. The lowest BCUT2D eigenvalue weighted by Gasteiger charge is -2.29. The third-order valence-corrected chi connectivity index (χ3v) is 4.81. The summed E-state index contributed by atoms with van der Waals surface area (Å²) < 4.78 is 22.4. The van der Waals surface area contributed by atoms with E-state index in [1.165, 1.54) is 0 Å². The van der Waals surface area contributed by atoms with Gasteiger partial charge < -0.3 is 0 Å². The first-order chi connectivity index (χ1) is 6.57. The van der Waals surface area contributed by atoms with E-state index in [0.29, 0.717) is 49.1 Å². The number of hydrogen-bond acceptors (Lipinski definition) is 4. The minimum absolute atomic E-state index is 0.290. The van der Waals surface area contributed by atoms with Crippen LogP contribution in [-0.2, 0) is 14.6 Å². The van der Waals surface area contributed by atoms with Crippen LogP contribution in [0.5, 0.6) is 0 Å². The Morgan fingerprint density at radius 2 is 1.86 bits per heavy atom. The molecule has 0 saturated carbocycles. The number of hydrogen-bond donors (Lipinski definition) is 0. The Labute approximate surface area is 84.2 Å². The fourth-order valence-corrected chi connectivity index (χ4v) is 3.67. The van der Waals surface area contributed by atoms with Gasteiger partial charge in [0.05, 0.1) is 18.1 Å². The summed E-state index contributed by atoms with van der Waals surface area (Å²) in [5.74, 6) is 0.878. The van der Waals surface area contributed by atoms with Gasteiger partial charge in [-0.3, -0.25) is 9.69 Å². The van der Waals surface area contributed by atoms with Gasteiger partial charge >= 0.3 is 0 Å². The first-order valence-electron chi connectivity index (χ1n) is 5.03. The van der Waals surface area contributed by atoms with Crippen LogP contribution in [0.2, 0.25) is 0 Å². The maximum atomic E-state index is 11.2. The van der Waals surface area contributed by atoms with Crippen molar-refractivity contribution in [3.8, 4) is 0 Å². The predicted molar refractivity (Wildman–Crippen MR) is 52.9 cm³/mol. The molecule has 0 aromatic heterocycles. The molecule has 0 aromatic rings. The lowest BCUT2D eigenvalue weighted by Crippen LogP contribution is -2.40. The molecule has 2 aliphatic rings. The van der Waals surface area contributed by atoms with Gasteiger partial charge in [0.1, 0.15) is 15.6 Å². The average molecular weight is 217 g/mol. The number of Topliss-reactive ketones (excluding diaryl/α,β-unsaturated/α-hetero) is 1. The molecule has 0 amide bonds. The van der Waals surface area contributed by atoms with Gasteiger partial charge in [0.15, 0.2) is 0 Å². The highest BCUT2D eigenvalue weighted by Gasteiger charge is 2.31. The molecule has 0 unspecified atom stereocenters. The fraction of sp³-hybridized carbons (Fsp3) is 0.889. The molecule has 0 atom stereocenters. The van der Waals surface area contributed by atoms with Crippen molar-refractivity contribution in [2.45, 2.75) is 25.3 Å². The maximum absolute atomic E-state index is 11.2. The van der Waals surface area contributed by atoms with Crippen LogP contribution in [0.1, 0.15) is 19.3 Å². The van der Waals surface area contributed by atoms with Crippen molar-refractivity contribution in [1.82, 2.24) is 4.90 Å². The smallest absolute Gasteiger partial charge is 0.150 e. The topological polar surface area (TPSA) is 54.5 Å². The van der Waals surface area contributed by atoms with E-state index in [9.17, 15) is 13.2 Å². The number of carbonyl (C=O) groups is 1. The van der Waals surface area contributed by atoms with Crippen LogP contribution in [0.25, 0.3) is 0 Å². The summed E-state index contributed by atoms with van der Waals surface area (Å²) in [6.07, 6.45) is 2.05. The Morgan fingerprint density at radius 3 is 2.36 bits per heavy atom. The van der Waals surface area contributed by atoms with Gasteiger partial charge in [-0.05, 0) is 12.8 Å². The van der Waals surface area contributed by atoms with Crippen LogP contribution >= 0.6 is 0 Å². The number of sulfone groups is 1. The number of likely N-dealkylation sites (tertiary alicyclic amines) is 1. The number of nitrogens with zero attached hydrogens (tertiary/aromatic N) is 1. The minimum atomic E-state index is -2.77. The van der Waals surface area contributed by atoms with Crippen LogP contribution in [0.3, 0.4) is 0 Å². The molecule has 2 saturated heterocycles. The molecule has 2 aliphatic heterocycles. The van der Waals surface area contributed by atoms with E-state index in [-0.39, 0.29) is 0 Å². The summed E-state index contributed by atoms with van der Waals surface area (Å²) in [6.45, 7) is 1.36. The summed E-state index contributed by atoms with van der Waals surface area (Å²) in [5, 5.41) is 0. The second-order valence-corrected chi connectivity index (χ2v) is 6.45. The van der Waals surface area contributed by atoms with E-state index >= 15 is 0 Å². The monoisotopic (exact) mass is 217 g/mol. The molecule has 5 heteroatoms. The molecule has 2 fully saturated rings. The largest absolute Gasteiger partial charge is 0.298 e. The summed E-state index contributed by atoms with van der Waals surface area (Å²) in [7, 11) is -2.77. The Hall–Kier alpha value is -0.420. The predicted octanol–water partition coefficient (Wildman–Crippen LogP) is -0.162. The third-order valence-electron chi connectivity index (χ3n) is 3.10. The molecule has 2 heterocycles. The Morgan fingerprint density at radius 1 is 1.21 bits per heavy atom. The number of ketones is 1. The molecule has 4 nitrogen and oxygen atoms in total. The highest BCUT2D eigenvalue weighted by atomic mass is 32.2. The zero-order valence-electron chi connectivity index (χ0n) is 8.11. The second kappa shape index (κ2) is 3.62. The van der Waals surface area contributed by atoms with E-state index in [0.717, 1.165) is 6.54 Å². The van der Waals surface area contributed by atoms with Crippen LogP contribution in [-0.4, -0.2) is 49.7 Å². The molecule has 80 valence electrons. The normalized spacial score (nSPS) is 29.6. The Kier molecular flexibility index (Phi) is 2.62. The summed E-state index contributed by atoms with van der Waals surface area (Å²) in [5.41, 5.74) is 0. The highest BCUT2D eigenvalue weighted by Crippen LogP contribution is 2.20. The summed E-state index contributed by atoms with van der Waals surface area (Å²) in [6, 6.07) is 0.324. The fourth-order valence-electron chi connectivity index (χ4n) is 2.21. The molecule has 14 heavy (non-hydrogen) atoms. The quantitative estimate of drug-likeness (QED) is 0.612. The lowest BCUT2D eigenvalue weighted by atomic mass is 10.1. The SMILES string of the molecule is O=C1CCN(C2CCS(=O)(=O)CC2)C1. The van der Waals surface area contributed by atoms with Gasteiger partial charge in [-0.15, -0.1) is 0 Å². The lowest BCUT2D eigenvalue weighted by molar-refractivity contribution is -0.117.